The third kappa shape index (κ3) is 18.5. The van der Waals surface area contributed by atoms with Gasteiger partial charge in [-0.2, -0.15) is 0 Å². The van der Waals surface area contributed by atoms with Crippen LogP contribution in [0.1, 0.15) is 76.1 Å². The fraction of sp³-hybridized carbons (Fsp3) is 0.286. The summed E-state index contributed by atoms with van der Waals surface area (Å²) in [5.74, 6) is -9.96. The molecule has 0 atom stereocenters. The van der Waals surface area contributed by atoms with Crippen LogP contribution >= 0.6 is 23.2 Å². The lowest BCUT2D eigenvalue weighted by Crippen LogP contribution is -2.30. The van der Waals surface area contributed by atoms with Gasteiger partial charge in [0.05, 0.1) is 22.5 Å². The molecule has 0 spiro atoms. The Bertz CT molecular complexity index is 1950. The summed E-state index contributed by atoms with van der Waals surface area (Å²) in [5, 5.41) is 26.5. The van der Waals surface area contributed by atoms with Gasteiger partial charge in [-0.25, -0.2) is 17.6 Å². The summed E-state index contributed by atoms with van der Waals surface area (Å²) >= 11 is 10.9. The number of halogens is 6. The molecule has 0 unspecified atom stereocenters. The van der Waals surface area contributed by atoms with Gasteiger partial charge in [0, 0.05) is 0 Å². The van der Waals surface area contributed by atoms with E-state index in [-0.39, 0.29) is 56.5 Å². The number of nitrogens with two attached hydrogens (primary N) is 2. The monoisotopic (exact) mass is 914 g/mol. The Kier molecular flexibility index (Phi) is 28.5. The van der Waals surface area contributed by atoms with Crippen molar-refractivity contribution < 1.29 is 56.5 Å². The van der Waals surface area contributed by atoms with Gasteiger partial charge >= 0.3 is 11.9 Å². The zero-order valence-electron chi connectivity index (χ0n) is 35.4. The number of hydrogen-bond donors (Lipinski definition) is 8. The van der Waals surface area contributed by atoms with E-state index < -0.39 is 83.3 Å². The normalized spacial score (nSPS) is 9.39. The van der Waals surface area contributed by atoms with Crippen LogP contribution in [0.25, 0.3) is 22.3 Å². The second-order valence-corrected chi connectivity index (χ2v) is 11.3. The molecule has 4 aromatic carbocycles. The molecule has 0 aliphatic heterocycles. The van der Waals surface area contributed by atoms with Crippen LogP contribution in [0.3, 0.4) is 0 Å². The zero-order chi connectivity index (χ0) is 48.3. The van der Waals surface area contributed by atoms with Crippen LogP contribution in [0.5, 0.6) is 0 Å². The fourth-order valence-corrected chi connectivity index (χ4v) is 4.55. The maximum Gasteiger partial charge on any atom is 0.322 e. The number of amides is 4. The van der Waals surface area contributed by atoms with Crippen LogP contribution in [0, 0.1) is 23.3 Å². The van der Waals surface area contributed by atoms with Crippen LogP contribution in [0.15, 0.2) is 60.7 Å². The molecule has 0 aliphatic rings. The molecule has 0 bridgehead atoms. The summed E-state index contributed by atoms with van der Waals surface area (Å²) in [6, 6.07) is 12.0. The van der Waals surface area contributed by atoms with Crippen LogP contribution in [-0.4, -0.2) is 70.6 Å². The van der Waals surface area contributed by atoms with E-state index >= 15 is 0 Å². The first kappa shape index (κ1) is 57.7. The van der Waals surface area contributed by atoms with Crippen molar-refractivity contribution in [1.29, 1.82) is 0 Å². The first-order chi connectivity index (χ1) is 29.4. The van der Waals surface area contributed by atoms with E-state index in [4.69, 9.17) is 44.9 Å². The molecule has 340 valence electrons. The molecule has 10 N–H and O–H groups in total. The number of hydrogen-bond acceptors (Lipinski definition) is 8. The van der Waals surface area contributed by atoms with Crippen LogP contribution in [-0.2, 0) is 19.2 Å². The average Bonchev–Trinajstić information content (AvgIpc) is 3.28. The molecule has 0 radical (unpaired) electrons. The van der Waals surface area contributed by atoms with E-state index in [1.54, 1.807) is 0 Å². The number of aliphatic carboxylic acids is 2. The topological polar surface area (TPSA) is 243 Å². The Balaban J connectivity index is 0. The van der Waals surface area contributed by atoms with Gasteiger partial charge in [-0.1, -0.05) is 67.5 Å². The van der Waals surface area contributed by atoms with Gasteiger partial charge in [0.15, 0.2) is 0 Å². The van der Waals surface area contributed by atoms with Gasteiger partial charge in [-0.3, -0.25) is 28.8 Å². The molecule has 0 saturated heterocycles. The van der Waals surface area contributed by atoms with Gasteiger partial charge < -0.3 is 42.9 Å². The molecule has 4 amide bonds. The second kappa shape index (κ2) is 30.6. The minimum Gasteiger partial charge on any atom is -0.480 e. The van der Waals surface area contributed by atoms with Crippen LogP contribution < -0.4 is 32.7 Å². The van der Waals surface area contributed by atoms with Crippen molar-refractivity contribution in [3.8, 4) is 22.3 Å². The third-order valence-corrected chi connectivity index (χ3v) is 7.43. The fourth-order valence-electron chi connectivity index (χ4n) is 4.41. The van der Waals surface area contributed by atoms with Crippen molar-refractivity contribution in [3.63, 3.8) is 0 Å². The van der Waals surface area contributed by atoms with E-state index in [0.717, 1.165) is 24.3 Å². The summed E-state index contributed by atoms with van der Waals surface area (Å²) < 4.78 is 54.8. The molecule has 0 fully saturated rings. The van der Waals surface area contributed by atoms with Crippen molar-refractivity contribution in [3.05, 3.63) is 95.1 Å². The van der Waals surface area contributed by atoms with Gasteiger partial charge in [0.25, 0.3) is 11.8 Å². The molecule has 0 saturated carbocycles. The second-order valence-electron chi connectivity index (χ2n) is 10.7. The largest absolute Gasteiger partial charge is 0.480 e. The zero-order valence-corrected chi connectivity index (χ0v) is 36.9. The molecule has 4 rings (SSSR count). The Labute approximate surface area is 367 Å². The van der Waals surface area contributed by atoms with E-state index in [2.05, 4.69) is 21.3 Å². The number of nitrogen functional groups attached to an aromatic ring is 2. The van der Waals surface area contributed by atoms with Crippen molar-refractivity contribution in [2.45, 2.75) is 55.4 Å². The van der Waals surface area contributed by atoms with Crippen molar-refractivity contribution in [2.24, 2.45) is 0 Å². The molecule has 0 heterocycles. The van der Waals surface area contributed by atoms with Crippen LogP contribution in [0.2, 0.25) is 0 Å². The predicted octanol–water partition coefficient (Wildman–Crippen LogP) is 8.52. The minimum absolute atomic E-state index is 0.0590. The van der Waals surface area contributed by atoms with Crippen molar-refractivity contribution >= 4 is 81.5 Å². The number of nitrogens with one attached hydrogen (secondary N) is 4. The first-order valence-corrected chi connectivity index (χ1v) is 20.0. The Morgan fingerprint density at radius 3 is 1.02 bits per heavy atom. The lowest BCUT2D eigenvalue weighted by atomic mass is 10.0. The Hall–Kier alpha value is -6.40. The van der Waals surface area contributed by atoms with Crippen molar-refractivity contribution in [1.82, 2.24) is 10.6 Å². The Morgan fingerprint density at radius 2 is 0.774 bits per heavy atom. The number of alkyl halides is 2. The van der Waals surface area contributed by atoms with Crippen LogP contribution in [0.4, 0.5) is 40.3 Å². The molecular weight excluding hydrogens is 863 g/mol. The highest BCUT2D eigenvalue weighted by Crippen LogP contribution is 2.31. The predicted molar refractivity (Wildman–Crippen MR) is 236 cm³/mol. The maximum atomic E-state index is 13.7. The Morgan fingerprint density at radius 1 is 0.500 bits per heavy atom. The SMILES string of the molecule is CC.CC.CC.CC.Nc1c(F)cc(-c2ccc(NC(=O)CCl)c(C(=O)NCC(=O)O)c2)cc1F.Nc1c(F)cc(-c2ccc(NC(=O)CCl)c(C(=O)NCC(=O)O)c2)cc1F. The van der Waals surface area contributed by atoms with E-state index in [1.165, 1.54) is 36.4 Å². The smallest absolute Gasteiger partial charge is 0.322 e. The van der Waals surface area contributed by atoms with Gasteiger partial charge in [0.1, 0.15) is 59.5 Å². The highest BCUT2D eigenvalue weighted by atomic mass is 35.5. The summed E-state index contributed by atoms with van der Waals surface area (Å²) in [4.78, 5) is 68.9. The molecule has 14 nitrogen and oxygen atoms in total. The van der Waals surface area contributed by atoms with Gasteiger partial charge in [-0.05, 0) is 70.8 Å². The summed E-state index contributed by atoms with van der Waals surface area (Å²) in [6.07, 6.45) is 0. The lowest BCUT2D eigenvalue weighted by Gasteiger charge is -2.13. The van der Waals surface area contributed by atoms with E-state index in [0.29, 0.717) is 0 Å². The number of carbonyl (C=O) groups excluding carboxylic acids is 4. The third-order valence-electron chi connectivity index (χ3n) is 6.94. The molecule has 4 aromatic rings. The number of carboxylic acids is 2. The standard InChI is InChI=1S/2C17H14ClF2N3O4.4C2H6/c2*18-6-14(24)23-13-2-1-8(3-10(13)17(27)22-7-15(25)26)9-4-11(19)16(21)12(20)5-9;4*1-2/h2*1-5H,6-7,21H2,(H,22,27)(H,23,24)(H,25,26);4*1-2H3. The summed E-state index contributed by atoms with van der Waals surface area (Å²) in [7, 11) is 0. The summed E-state index contributed by atoms with van der Waals surface area (Å²) in [5.41, 5.74) is 9.81. The maximum absolute atomic E-state index is 13.7. The van der Waals surface area contributed by atoms with E-state index in [1.807, 2.05) is 55.4 Å². The number of rotatable bonds is 12. The first-order valence-electron chi connectivity index (χ1n) is 18.9. The number of carbonyl (C=O) groups is 6. The molecule has 20 heteroatoms. The molecular formula is C42H52Cl2F4N6O8. The highest BCUT2D eigenvalue weighted by Gasteiger charge is 2.19. The quantitative estimate of drug-likeness (QED) is 0.0383. The lowest BCUT2D eigenvalue weighted by molar-refractivity contribution is -0.136. The molecule has 0 aliphatic carbocycles. The number of benzene rings is 4. The number of carboxylic acid groups (broad SMARTS) is 2. The minimum atomic E-state index is -1.27. The molecule has 62 heavy (non-hydrogen) atoms. The average molecular weight is 916 g/mol. The number of anilines is 4. The highest BCUT2D eigenvalue weighted by molar-refractivity contribution is 6.29. The van der Waals surface area contributed by atoms with Gasteiger partial charge in [0.2, 0.25) is 11.8 Å². The van der Waals surface area contributed by atoms with Gasteiger partial charge in [-0.15, -0.1) is 23.2 Å². The molecule has 0 aromatic heterocycles. The van der Waals surface area contributed by atoms with E-state index in [9.17, 15) is 46.3 Å². The van der Waals surface area contributed by atoms with Crippen molar-refractivity contribution in [2.75, 3.05) is 47.0 Å². The summed E-state index contributed by atoms with van der Waals surface area (Å²) in [6.45, 7) is 14.7.